The highest BCUT2D eigenvalue weighted by molar-refractivity contribution is 5.96. The molecule has 1 N–H and O–H groups in total. The van der Waals surface area contributed by atoms with Gasteiger partial charge in [0, 0.05) is 6.42 Å². The smallest absolute Gasteiger partial charge is 0.277 e. The first-order chi connectivity index (χ1) is 6.34. The van der Waals surface area contributed by atoms with E-state index < -0.39 is 6.23 Å². The van der Waals surface area contributed by atoms with Gasteiger partial charge in [-0.1, -0.05) is 0 Å². The van der Waals surface area contributed by atoms with Crippen molar-refractivity contribution in [3.8, 4) is 0 Å². The third kappa shape index (κ3) is 2.10. The van der Waals surface area contributed by atoms with E-state index in [1.165, 1.54) is 11.9 Å². The number of carbonyl (C=O) groups is 2. The summed E-state index contributed by atoms with van der Waals surface area (Å²) in [6.45, 7) is 2.09. The lowest BCUT2D eigenvalue weighted by Crippen LogP contribution is -2.55. The second-order valence-electron chi connectivity index (χ2n) is 4.23. The normalized spacial score (nSPS) is 25.1. The summed E-state index contributed by atoms with van der Waals surface area (Å²) < 4.78 is 0.327. The summed E-state index contributed by atoms with van der Waals surface area (Å²) in [4.78, 5) is 22.4. The van der Waals surface area contributed by atoms with Gasteiger partial charge in [0.1, 0.15) is 12.3 Å². The molecule has 0 bridgehead atoms. The van der Waals surface area contributed by atoms with Crippen LogP contribution >= 0.6 is 0 Å². The molecule has 1 heterocycles. The molecule has 1 atom stereocenters. The molecular formula is C9H17N2O3+. The fourth-order valence-electron chi connectivity index (χ4n) is 1.78. The van der Waals surface area contributed by atoms with Crippen molar-refractivity contribution in [2.45, 2.75) is 26.0 Å². The second-order valence-corrected chi connectivity index (χ2v) is 4.23. The maximum atomic E-state index is 11.6. The second kappa shape index (κ2) is 3.67. The molecule has 0 radical (unpaired) electrons. The number of quaternary nitrogens is 1. The maximum absolute atomic E-state index is 11.6. The van der Waals surface area contributed by atoms with Gasteiger partial charge in [0.2, 0.25) is 0 Å². The van der Waals surface area contributed by atoms with E-state index in [1.54, 1.807) is 0 Å². The Labute approximate surface area is 83.5 Å². The summed E-state index contributed by atoms with van der Waals surface area (Å²) in [5.74, 6) is -0.471. The predicted molar refractivity (Wildman–Crippen MR) is 49.7 cm³/mol. The van der Waals surface area contributed by atoms with E-state index in [2.05, 4.69) is 0 Å². The molecule has 0 spiro atoms. The summed E-state index contributed by atoms with van der Waals surface area (Å²) in [7, 11) is 3.68. The third-order valence-electron chi connectivity index (χ3n) is 2.46. The van der Waals surface area contributed by atoms with Crippen molar-refractivity contribution in [3.05, 3.63) is 0 Å². The molecule has 0 aromatic carbocycles. The molecule has 1 aliphatic heterocycles. The van der Waals surface area contributed by atoms with Crippen molar-refractivity contribution >= 4 is 11.7 Å². The maximum Gasteiger partial charge on any atom is 0.277 e. The van der Waals surface area contributed by atoms with Gasteiger partial charge in [-0.15, -0.1) is 0 Å². The van der Waals surface area contributed by atoms with Crippen LogP contribution in [0.15, 0.2) is 0 Å². The molecule has 0 saturated carbocycles. The molecule has 5 nitrogen and oxygen atoms in total. The molecule has 0 aromatic heterocycles. The number of hydrogen-bond donors (Lipinski definition) is 1. The van der Waals surface area contributed by atoms with Crippen LogP contribution in [0, 0.1) is 0 Å². The minimum absolute atomic E-state index is 0.126. The zero-order valence-electron chi connectivity index (χ0n) is 8.86. The van der Waals surface area contributed by atoms with Gasteiger partial charge >= 0.3 is 0 Å². The van der Waals surface area contributed by atoms with Gasteiger partial charge in [-0.25, -0.2) is 4.59 Å². The minimum Gasteiger partial charge on any atom is -0.369 e. The first-order valence-corrected chi connectivity index (χ1v) is 4.67. The monoisotopic (exact) mass is 201 g/mol. The highest BCUT2D eigenvalue weighted by Crippen LogP contribution is 2.22. The average molecular weight is 201 g/mol. The molecule has 1 saturated heterocycles. The van der Waals surface area contributed by atoms with Gasteiger partial charge in [0.25, 0.3) is 5.91 Å². The van der Waals surface area contributed by atoms with Gasteiger partial charge in [0.05, 0.1) is 20.5 Å². The molecule has 1 unspecified atom stereocenters. The van der Waals surface area contributed by atoms with E-state index in [4.69, 9.17) is 0 Å². The van der Waals surface area contributed by atoms with Crippen molar-refractivity contribution in [3.63, 3.8) is 0 Å². The molecular weight excluding hydrogens is 184 g/mol. The van der Waals surface area contributed by atoms with Crippen LogP contribution < -0.4 is 0 Å². The number of rotatable bonds is 2. The van der Waals surface area contributed by atoms with Crippen LogP contribution in [0.25, 0.3) is 0 Å². The lowest BCUT2D eigenvalue weighted by Gasteiger charge is -2.33. The number of Topliss-reactive ketones (excluding diaryl/α,β-unsaturated/α-hetero) is 1. The molecule has 1 rings (SSSR count). The SMILES string of the molecule is CC(=O)CC(=O)N1C(O)CC[N+]1(C)C. The number of nitrogens with zero attached hydrogens (tertiary/aromatic N) is 2. The Balaban J connectivity index is 2.74. The average Bonchev–Trinajstić information content (AvgIpc) is 2.24. The van der Waals surface area contributed by atoms with Crippen LogP contribution in [-0.4, -0.2) is 53.3 Å². The summed E-state index contributed by atoms with van der Waals surface area (Å²) >= 11 is 0. The lowest BCUT2D eigenvalue weighted by atomic mass is 10.3. The zero-order valence-corrected chi connectivity index (χ0v) is 8.86. The van der Waals surface area contributed by atoms with Gasteiger partial charge in [0.15, 0.2) is 6.23 Å². The van der Waals surface area contributed by atoms with Crippen molar-refractivity contribution in [1.82, 2.24) is 5.01 Å². The Morgan fingerprint density at radius 3 is 2.43 bits per heavy atom. The Morgan fingerprint density at radius 2 is 2.07 bits per heavy atom. The molecule has 80 valence electrons. The highest BCUT2D eigenvalue weighted by atomic mass is 16.3. The number of aliphatic hydroxyl groups excluding tert-OH is 1. The first-order valence-electron chi connectivity index (χ1n) is 4.67. The van der Waals surface area contributed by atoms with Gasteiger partial charge in [-0.2, -0.15) is 5.01 Å². The summed E-state index contributed by atoms with van der Waals surface area (Å²) in [6.07, 6.45) is -0.313. The van der Waals surface area contributed by atoms with Crippen molar-refractivity contribution in [1.29, 1.82) is 0 Å². The fraction of sp³-hybridized carbons (Fsp3) is 0.778. The molecule has 0 aliphatic carbocycles. The standard InChI is InChI=1S/C9H17N2O3/c1-7(12)6-9(14)10-8(13)4-5-11(10,2)3/h8,13H,4-6H2,1-3H3/q+1. The van der Waals surface area contributed by atoms with Gasteiger partial charge in [-0.3, -0.25) is 9.59 Å². The lowest BCUT2D eigenvalue weighted by molar-refractivity contribution is -0.981. The Kier molecular flexibility index (Phi) is 2.92. The van der Waals surface area contributed by atoms with Gasteiger partial charge < -0.3 is 5.11 Å². The van der Waals surface area contributed by atoms with Gasteiger partial charge in [-0.05, 0) is 6.92 Å². The summed E-state index contributed by atoms with van der Waals surface area (Å²) in [6, 6.07) is 0. The molecule has 5 heteroatoms. The van der Waals surface area contributed by atoms with Crippen LogP contribution in [0.3, 0.4) is 0 Å². The van der Waals surface area contributed by atoms with Crippen LogP contribution in [-0.2, 0) is 9.59 Å². The number of ketones is 1. The summed E-state index contributed by atoms with van der Waals surface area (Å²) in [5, 5.41) is 10.9. The van der Waals surface area contributed by atoms with E-state index in [-0.39, 0.29) is 18.1 Å². The minimum atomic E-state index is -0.753. The van der Waals surface area contributed by atoms with E-state index >= 15 is 0 Å². The quantitative estimate of drug-likeness (QED) is 0.484. The Bertz CT molecular complexity index is 263. The van der Waals surface area contributed by atoms with E-state index in [9.17, 15) is 14.7 Å². The van der Waals surface area contributed by atoms with E-state index in [1.807, 2.05) is 14.1 Å². The topological polar surface area (TPSA) is 57.6 Å². The molecule has 1 fully saturated rings. The largest absolute Gasteiger partial charge is 0.369 e. The first kappa shape index (κ1) is 11.1. The molecule has 14 heavy (non-hydrogen) atoms. The number of carbonyl (C=O) groups excluding carboxylic acids is 2. The molecule has 1 amide bonds. The molecule has 0 aromatic rings. The van der Waals surface area contributed by atoms with Crippen molar-refractivity contribution in [2.75, 3.05) is 20.6 Å². The summed E-state index contributed by atoms with van der Waals surface area (Å²) in [5.41, 5.74) is 0. The Morgan fingerprint density at radius 1 is 1.50 bits per heavy atom. The van der Waals surface area contributed by atoms with E-state index in [0.717, 1.165) is 0 Å². The molecule has 1 aliphatic rings. The van der Waals surface area contributed by atoms with Crippen molar-refractivity contribution < 1.29 is 19.3 Å². The number of aliphatic hydroxyl groups is 1. The fourth-order valence-corrected chi connectivity index (χ4v) is 1.78. The van der Waals surface area contributed by atoms with Crippen LogP contribution in [0.5, 0.6) is 0 Å². The highest BCUT2D eigenvalue weighted by Gasteiger charge is 2.42. The van der Waals surface area contributed by atoms with Crippen LogP contribution in [0.4, 0.5) is 0 Å². The van der Waals surface area contributed by atoms with Crippen molar-refractivity contribution in [2.24, 2.45) is 0 Å². The Hall–Kier alpha value is -0.940. The van der Waals surface area contributed by atoms with Crippen LogP contribution in [0.1, 0.15) is 19.8 Å². The van der Waals surface area contributed by atoms with E-state index in [0.29, 0.717) is 17.6 Å². The zero-order chi connectivity index (χ0) is 10.9. The van der Waals surface area contributed by atoms with Crippen LogP contribution in [0.2, 0.25) is 0 Å². The number of hydrogen-bond acceptors (Lipinski definition) is 3. The third-order valence-corrected chi connectivity index (χ3v) is 2.46. The number of amides is 1. The predicted octanol–water partition coefficient (Wildman–Crippen LogP) is -0.492.